The predicted octanol–water partition coefficient (Wildman–Crippen LogP) is 0.982. The first kappa shape index (κ1) is 16.3. The molecule has 1 aliphatic rings. The van der Waals surface area contributed by atoms with Crippen molar-refractivity contribution >= 4 is 11.7 Å². The summed E-state index contributed by atoms with van der Waals surface area (Å²) in [7, 11) is 0. The number of halogens is 2. The largest absolute Gasteiger partial charge is 0.396 e. The van der Waals surface area contributed by atoms with E-state index in [0.29, 0.717) is 18.9 Å². The molecule has 1 aliphatic heterocycles. The Morgan fingerprint density at radius 2 is 2.12 bits per heavy atom. The Hall–Kier alpha value is -2.61. The number of anilines is 1. The highest BCUT2D eigenvalue weighted by atomic mass is 19.2. The van der Waals surface area contributed by atoms with Crippen LogP contribution in [0.3, 0.4) is 0 Å². The van der Waals surface area contributed by atoms with E-state index in [2.05, 4.69) is 15.3 Å². The number of aromatic nitrogens is 2. The zero-order chi connectivity index (χ0) is 17.1. The minimum atomic E-state index is -1.07. The van der Waals surface area contributed by atoms with Gasteiger partial charge in [-0.3, -0.25) is 4.79 Å². The Balaban J connectivity index is 1.71. The number of carbonyl (C=O) groups excluding carboxylic acids is 1. The van der Waals surface area contributed by atoms with Crippen LogP contribution in [-0.2, 0) is 0 Å². The van der Waals surface area contributed by atoms with Crippen molar-refractivity contribution in [2.45, 2.75) is 6.04 Å². The number of nitrogens with zero attached hydrogens (tertiary/aromatic N) is 3. The van der Waals surface area contributed by atoms with Crippen molar-refractivity contribution in [1.82, 2.24) is 15.3 Å². The fourth-order valence-electron chi connectivity index (χ4n) is 2.77. The number of nitrogens with one attached hydrogen (secondary N) is 1. The Kier molecular flexibility index (Phi) is 4.66. The lowest BCUT2D eigenvalue weighted by atomic mass is 10.0. The van der Waals surface area contributed by atoms with E-state index < -0.39 is 17.5 Å². The van der Waals surface area contributed by atoms with Gasteiger partial charge in [-0.2, -0.15) is 0 Å². The molecule has 3 rings (SSSR count). The summed E-state index contributed by atoms with van der Waals surface area (Å²) in [6, 6.07) is 4.41. The molecule has 0 bridgehead atoms. The Bertz CT molecular complexity index is 729. The summed E-state index contributed by atoms with van der Waals surface area (Å²) >= 11 is 0. The Morgan fingerprint density at radius 3 is 2.79 bits per heavy atom. The van der Waals surface area contributed by atoms with Crippen LogP contribution in [0.1, 0.15) is 10.4 Å². The van der Waals surface area contributed by atoms with Crippen LogP contribution in [-0.4, -0.2) is 46.7 Å². The third-order valence-electron chi connectivity index (χ3n) is 4.06. The highest BCUT2D eigenvalue weighted by molar-refractivity contribution is 5.94. The van der Waals surface area contributed by atoms with Gasteiger partial charge in [0.05, 0.1) is 6.04 Å². The van der Waals surface area contributed by atoms with Gasteiger partial charge >= 0.3 is 0 Å². The molecule has 2 heterocycles. The van der Waals surface area contributed by atoms with E-state index in [-0.39, 0.29) is 24.1 Å². The zero-order valence-corrected chi connectivity index (χ0v) is 12.7. The van der Waals surface area contributed by atoms with Crippen molar-refractivity contribution in [2.75, 3.05) is 24.6 Å². The first-order valence-electron chi connectivity index (χ1n) is 7.46. The van der Waals surface area contributed by atoms with Gasteiger partial charge in [0, 0.05) is 37.4 Å². The van der Waals surface area contributed by atoms with E-state index >= 15 is 0 Å². The second-order valence-electron chi connectivity index (χ2n) is 5.62. The Labute approximate surface area is 137 Å². The van der Waals surface area contributed by atoms with Crippen LogP contribution in [0, 0.1) is 17.6 Å². The summed E-state index contributed by atoms with van der Waals surface area (Å²) < 4.78 is 26.2. The number of benzene rings is 1. The molecule has 2 N–H and O–H groups in total. The monoisotopic (exact) mass is 334 g/mol. The highest BCUT2D eigenvalue weighted by Gasteiger charge is 2.34. The predicted molar refractivity (Wildman–Crippen MR) is 82.4 cm³/mol. The molecule has 1 fully saturated rings. The van der Waals surface area contributed by atoms with E-state index in [1.54, 1.807) is 12.3 Å². The molecule has 6 nitrogen and oxygen atoms in total. The maximum Gasteiger partial charge on any atom is 0.251 e. The Morgan fingerprint density at radius 1 is 1.29 bits per heavy atom. The molecule has 0 radical (unpaired) electrons. The molecule has 2 aromatic rings. The van der Waals surface area contributed by atoms with Crippen LogP contribution >= 0.6 is 0 Å². The fraction of sp³-hybridized carbons (Fsp3) is 0.312. The summed E-state index contributed by atoms with van der Waals surface area (Å²) in [5.41, 5.74) is 0.0334. The van der Waals surface area contributed by atoms with E-state index in [9.17, 15) is 18.7 Å². The average Bonchev–Trinajstić information content (AvgIpc) is 3.01. The second-order valence-corrected chi connectivity index (χ2v) is 5.62. The van der Waals surface area contributed by atoms with Gasteiger partial charge in [0.1, 0.15) is 12.1 Å². The molecule has 1 amide bonds. The first-order valence-corrected chi connectivity index (χ1v) is 7.46. The maximum atomic E-state index is 13.3. The number of aliphatic hydroxyl groups excluding tert-OH is 1. The van der Waals surface area contributed by atoms with Crippen LogP contribution in [0.5, 0.6) is 0 Å². The molecule has 126 valence electrons. The number of aliphatic hydroxyl groups is 1. The van der Waals surface area contributed by atoms with E-state index in [1.807, 2.05) is 4.90 Å². The van der Waals surface area contributed by atoms with Gasteiger partial charge < -0.3 is 15.3 Å². The van der Waals surface area contributed by atoms with Crippen molar-refractivity contribution in [3.63, 3.8) is 0 Å². The molecule has 1 aromatic heterocycles. The number of rotatable bonds is 4. The minimum Gasteiger partial charge on any atom is -0.396 e. The fourth-order valence-corrected chi connectivity index (χ4v) is 2.77. The normalized spacial score (nSPS) is 20.2. The van der Waals surface area contributed by atoms with Crippen molar-refractivity contribution in [2.24, 2.45) is 5.92 Å². The lowest BCUT2D eigenvalue weighted by Crippen LogP contribution is -2.41. The quantitative estimate of drug-likeness (QED) is 0.872. The zero-order valence-electron chi connectivity index (χ0n) is 12.7. The van der Waals surface area contributed by atoms with Gasteiger partial charge in [-0.05, 0) is 24.3 Å². The smallest absolute Gasteiger partial charge is 0.251 e. The van der Waals surface area contributed by atoms with Gasteiger partial charge in [-0.1, -0.05) is 0 Å². The summed E-state index contributed by atoms with van der Waals surface area (Å²) in [5.74, 6) is -2.07. The lowest BCUT2D eigenvalue weighted by molar-refractivity contribution is 0.0921. The number of carbonyl (C=O) groups is 1. The molecule has 8 heteroatoms. The van der Waals surface area contributed by atoms with E-state index in [1.165, 1.54) is 12.4 Å². The van der Waals surface area contributed by atoms with Crippen LogP contribution in [0.2, 0.25) is 0 Å². The van der Waals surface area contributed by atoms with Gasteiger partial charge in [-0.25, -0.2) is 18.7 Å². The van der Waals surface area contributed by atoms with Gasteiger partial charge in [0.15, 0.2) is 11.6 Å². The summed E-state index contributed by atoms with van der Waals surface area (Å²) in [4.78, 5) is 22.2. The van der Waals surface area contributed by atoms with Crippen molar-refractivity contribution in [3.8, 4) is 0 Å². The van der Waals surface area contributed by atoms with Crippen LogP contribution in [0.15, 0.2) is 36.8 Å². The lowest BCUT2D eigenvalue weighted by Gasteiger charge is -2.18. The number of hydrogen-bond acceptors (Lipinski definition) is 5. The van der Waals surface area contributed by atoms with Crippen molar-refractivity contribution < 1.29 is 18.7 Å². The molecule has 2 atom stereocenters. The standard InChI is InChI=1S/C16H16F2N4O2/c17-12-2-1-10(5-13(12)18)16(24)21-14-7-22(6-11(14)8-23)15-3-4-19-9-20-15/h1-5,9,11,14,23H,6-8H2,(H,21,24)/t11-,14+/m0/s1. The van der Waals surface area contributed by atoms with E-state index in [0.717, 1.165) is 12.1 Å². The highest BCUT2D eigenvalue weighted by Crippen LogP contribution is 2.22. The molecular weight excluding hydrogens is 318 g/mol. The average molecular weight is 334 g/mol. The van der Waals surface area contributed by atoms with Gasteiger partial charge in [0.25, 0.3) is 5.91 Å². The molecular formula is C16H16F2N4O2. The second kappa shape index (κ2) is 6.88. The maximum absolute atomic E-state index is 13.3. The summed E-state index contributed by atoms with van der Waals surface area (Å²) in [6.07, 6.45) is 3.04. The minimum absolute atomic E-state index is 0.0334. The molecule has 0 aliphatic carbocycles. The van der Waals surface area contributed by atoms with Crippen molar-refractivity contribution in [1.29, 1.82) is 0 Å². The summed E-state index contributed by atoms with van der Waals surface area (Å²) in [5, 5.41) is 12.3. The van der Waals surface area contributed by atoms with Gasteiger partial charge in [-0.15, -0.1) is 0 Å². The third kappa shape index (κ3) is 3.33. The van der Waals surface area contributed by atoms with Crippen LogP contribution in [0.25, 0.3) is 0 Å². The summed E-state index contributed by atoms with van der Waals surface area (Å²) in [6.45, 7) is 0.873. The molecule has 24 heavy (non-hydrogen) atoms. The van der Waals surface area contributed by atoms with Crippen LogP contribution in [0.4, 0.5) is 14.6 Å². The van der Waals surface area contributed by atoms with Gasteiger partial charge in [0.2, 0.25) is 0 Å². The SMILES string of the molecule is O=C(N[C@@H]1CN(c2ccncn2)C[C@H]1CO)c1ccc(F)c(F)c1. The van der Waals surface area contributed by atoms with Crippen molar-refractivity contribution in [3.05, 3.63) is 54.0 Å². The number of amides is 1. The topological polar surface area (TPSA) is 78.4 Å². The molecule has 1 saturated heterocycles. The molecule has 0 spiro atoms. The van der Waals surface area contributed by atoms with E-state index in [4.69, 9.17) is 0 Å². The molecule has 1 aromatic carbocycles. The third-order valence-corrected chi connectivity index (χ3v) is 4.06. The molecule has 0 unspecified atom stereocenters. The molecule has 0 saturated carbocycles. The van der Waals surface area contributed by atoms with Crippen LogP contribution < -0.4 is 10.2 Å². The first-order chi connectivity index (χ1) is 11.6. The number of hydrogen-bond donors (Lipinski definition) is 2.